The van der Waals surface area contributed by atoms with E-state index >= 15 is 0 Å². The number of rotatable bonds is 5. The molecule has 19 heavy (non-hydrogen) atoms. The number of nitrogens with zero attached hydrogens (tertiary/aromatic N) is 2. The van der Waals surface area contributed by atoms with E-state index in [0.29, 0.717) is 18.8 Å². The molecule has 1 aromatic heterocycles. The number of nitrogens with one attached hydrogen (secondary N) is 1. The molecule has 0 unspecified atom stereocenters. The highest BCUT2D eigenvalue weighted by molar-refractivity contribution is 7.92. The summed E-state index contributed by atoms with van der Waals surface area (Å²) in [7, 11) is -3.60. The largest absolute Gasteiger partial charge is 0.334 e. The van der Waals surface area contributed by atoms with E-state index in [0.717, 1.165) is 5.56 Å². The van der Waals surface area contributed by atoms with Gasteiger partial charge >= 0.3 is 0 Å². The maximum absolute atomic E-state index is 12.4. The summed E-state index contributed by atoms with van der Waals surface area (Å²) >= 11 is 0. The quantitative estimate of drug-likeness (QED) is 0.857. The molecule has 6 nitrogen and oxygen atoms in total. The topological polar surface area (TPSA) is 92.1 Å². The Labute approximate surface area is 112 Å². The Balaban J connectivity index is 2.39. The SMILES string of the molecule is CCN(c1ccc(CN)cc1)S(=O)(=O)c1cnc[nH]1. The summed E-state index contributed by atoms with van der Waals surface area (Å²) in [4.78, 5) is 6.37. The zero-order valence-corrected chi connectivity index (χ0v) is 11.4. The van der Waals surface area contributed by atoms with Crippen molar-refractivity contribution in [3.05, 3.63) is 42.4 Å². The number of aromatic nitrogens is 2. The lowest BCUT2D eigenvalue weighted by Gasteiger charge is -2.22. The van der Waals surface area contributed by atoms with Gasteiger partial charge in [0.1, 0.15) is 0 Å². The summed E-state index contributed by atoms with van der Waals surface area (Å²) in [5.74, 6) is 0. The van der Waals surface area contributed by atoms with Crippen LogP contribution in [0.1, 0.15) is 12.5 Å². The zero-order valence-electron chi connectivity index (χ0n) is 10.6. The highest BCUT2D eigenvalue weighted by atomic mass is 32.2. The second-order valence-corrected chi connectivity index (χ2v) is 5.79. The first-order chi connectivity index (χ1) is 9.09. The van der Waals surface area contributed by atoms with Crippen LogP contribution in [-0.2, 0) is 16.6 Å². The zero-order chi connectivity index (χ0) is 13.9. The van der Waals surface area contributed by atoms with Crippen molar-refractivity contribution < 1.29 is 8.42 Å². The first-order valence-electron chi connectivity index (χ1n) is 5.89. The molecule has 102 valence electrons. The Morgan fingerprint density at radius 2 is 2.00 bits per heavy atom. The monoisotopic (exact) mass is 280 g/mol. The van der Waals surface area contributed by atoms with E-state index < -0.39 is 10.0 Å². The molecular weight excluding hydrogens is 264 g/mol. The first kappa shape index (κ1) is 13.6. The Bertz CT molecular complexity index is 620. The maximum Gasteiger partial charge on any atom is 0.281 e. The van der Waals surface area contributed by atoms with Crippen LogP contribution in [-0.4, -0.2) is 24.9 Å². The third kappa shape index (κ3) is 2.61. The number of aromatic amines is 1. The van der Waals surface area contributed by atoms with Gasteiger partial charge in [-0.1, -0.05) is 12.1 Å². The lowest BCUT2D eigenvalue weighted by atomic mass is 10.2. The maximum atomic E-state index is 12.4. The van der Waals surface area contributed by atoms with Crippen molar-refractivity contribution in [1.82, 2.24) is 9.97 Å². The molecule has 0 radical (unpaired) electrons. The summed E-state index contributed by atoms with van der Waals surface area (Å²) in [6.07, 6.45) is 2.64. The van der Waals surface area contributed by atoms with Crippen LogP contribution in [0.15, 0.2) is 41.8 Å². The number of nitrogens with two attached hydrogens (primary N) is 1. The predicted octanol–water partition coefficient (Wildman–Crippen LogP) is 1.08. The molecule has 1 aromatic carbocycles. The van der Waals surface area contributed by atoms with E-state index in [9.17, 15) is 8.42 Å². The lowest BCUT2D eigenvalue weighted by Crippen LogP contribution is -2.31. The van der Waals surface area contributed by atoms with Gasteiger partial charge in [-0.05, 0) is 24.6 Å². The van der Waals surface area contributed by atoms with Gasteiger partial charge in [0.05, 0.1) is 18.2 Å². The number of imidazole rings is 1. The highest BCUT2D eigenvalue weighted by Gasteiger charge is 2.24. The van der Waals surface area contributed by atoms with Gasteiger partial charge in [-0.2, -0.15) is 8.42 Å². The third-order valence-electron chi connectivity index (χ3n) is 2.79. The third-order valence-corrected chi connectivity index (χ3v) is 4.62. The minimum absolute atomic E-state index is 0.0808. The van der Waals surface area contributed by atoms with Crippen molar-refractivity contribution in [2.45, 2.75) is 18.5 Å². The van der Waals surface area contributed by atoms with Crippen LogP contribution in [0.5, 0.6) is 0 Å². The van der Waals surface area contributed by atoms with Crippen LogP contribution >= 0.6 is 0 Å². The van der Waals surface area contributed by atoms with Gasteiger partial charge in [-0.15, -0.1) is 0 Å². The molecule has 0 aliphatic carbocycles. The Kier molecular flexibility index (Phi) is 3.87. The number of anilines is 1. The minimum Gasteiger partial charge on any atom is -0.334 e. The van der Waals surface area contributed by atoms with Crippen LogP contribution < -0.4 is 10.0 Å². The second-order valence-electron chi connectivity index (χ2n) is 3.96. The molecule has 2 rings (SSSR count). The lowest BCUT2D eigenvalue weighted by molar-refractivity contribution is 0.589. The van der Waals surface area contributed by atoms with Crippen LogP contribution in [0, 0.1) is 0 Å². The normalized spacial score (nSPS) is 11.5. The van der Waals surface area contributed by atoms with E-state index in [4.69, 9.17) is 5.73 Å². The number of sulfonamides is 1. The average molecular weight is 280 g/mol. The molecule has 0 atom stereocenters. The van der Waals surface area contributed by atoms with Gasteiger partial charge < -0.3 is 10.7 Å². The van der Waals surface area contributed by atoms with Crippen LogP contribution in [0.2, 0.25) is 0 Å². The smallest absolute Gasteiger partial charge is 0.281 e. The van der Waals surface area contributed by atoms with Gasteiger partial charge in [0.15, 0.2) is 5.03 Å². The molecule has 7 heteroatoms. The highest BCUT2D eigenvalue weighted by Crippen LogP contribution is 2.22. The average Bonchev–Trinajstić information content (AvgIpc) is 2.95. The molecule has 0 saturated carbocycles. The van der Waals surface area contributed by atoms with Gasteiger partial charge in [-0.3, -0.25) is 4.31 Å². The second kappa shape index (κ2) is 5.41. The molecule has 0 aliphatic heterocycles. The molecular formula is C12H16N4O2S. The molecule has 0 amide bonds. The van der Waals surface area contributed by atoms with Gasteiger partial charge in [0.25, 0.3) is 10.0 Å². The Morgan fingerprint density at radius 1 is 1.32 bits per heavy atom. The number of H-pyrrole nitrogens is 1. The summed E-state index contributed by atoms with van der Waals surface area (Å²) in [6, 6.07) is 7.14. The van der Waals surface area contributed by atoms with Crippen molar-refractivity contribution >= 4 is 15.7 Å². The molecule has 0 spiro atoms. The fourth-order valence-electron chi connectivity index (χ4n) is 1.79. The van der Waals surface area contributed by atoms with Crippen molar-refractivity contribution in [2.75, 3.05) is 10.8 Å². The Morgan fingerprint density at radius 3 is 2.47 bits per heavy atom. The van der Waals surface area contributed by atoms with Crippen molar-refractivity contribution in [1.29, 1.82) is 0 Å². The molecule has 1 heterocycles. The van der Waals surface area contributed by atoms with Gasteiger partial charge in [0.2, 0.25) is 0 Å². The summed E-state index contributed by atoms with van der Waals surface area (Å²) in [5.41, 5.74) is 7.09. The van der Waals surface area contributed by atoms with E-state index in [2.05, 4.69) is 9.97 Å². The molecule has 2 aromatic rings. The molecule has 0 fully saturated rings. The van der Waals surface area contributed by atoms with E-state index in [1.807, 2.05) is 12.1 Å². The predicted molar refractivity (Wildman–Crippen MR) is 73.1 cm³/mol. The van der Waals surface area contributed by atoms with Crippen molar-refractivity contribution in [2.24, 2.45) is 5.73 Å². The van der Waals surface area contributed by atoms with E-state index in [-0.39, 0.29) is 5.03 Å². The fourth-order valence-corrected chi connectivity index (χ4v) is 3.16. The first-order valence-corrected chi connectivity index (χ1v) is 7.33. The van der Waals surface area contributed by atoms with Gasteiger partial charge in [-0.25, -0.2) is 4.98 Å². The van der Waals surface area contributed by atoms with E-state index in [1.165, 1.54) is 16.8 Å². The van der Waals surface area contributed by atoms with Crippen LogP contribution in [0.25, 0.3) is 0 Å². The molecule has 0 aliphatic rings. The fraction of sp³-hybridized carbons (Fsp3) is 0.250. The van der Waals surface area contributed by atoms with Crippen molar-refractivity contribution in [3.63, 3.8) is 0 Å². The van der Waals surface area contributed by atoms with Crippen LogP contribution in [0.3, 0.4) is 0 Å². The summed E-state index contributed by atoms with van der Waals surface area (Å²) < 4.78 is 26.1. The number of benzene rings is 1. The summed E-state index contributed by atoms with van der Waals surface area (Å²) in [6.45, 7) is 2.55. The molecule has 3 N–H and O–H groups in total. The van der Waals surface area contributed by atoms with Crippen LogP contribution in [0.4, 0.5) is 5.69 Å². The number of hydrogen-bond donors (Lipinski definition) is 2. The summed E-state index contributed by atoms with van der Waals surface area (Å²) in [5, 5.41) is 0.0808. The number of hydrogen-bond acceptors (Lipinski definition) is 4. The van der Waals surface area contributed by atoms with Crippen molar-refractivity contribution in [3.8, 4) is 0 Å². The standard InChI is InChI=1S/C12H16N4O2S/c1-2-16(11-5-3-10(7-13)4-6-11)19(17,18)12-8-14-9-15-12/h3-6,8-9H,2,7,13H2,1H3,(H,14,15). The minimum atomic E-state index is -3.60. The van der Waals surface area contributed by atoms with E-state index in [1.54, 1.807) is 19.1 Å². The van der Waals surface area contributed by atoms with Gasteiger partial charge in [0, 0.05) is 13.1 Å². The molecule has 0 saturated heterocycles. The molecule has 0 bridgehead atoms. The Hall–Kier alpha value is -1.86.